The first-order chi connectivity index (χ1) is 10.3. The van der Waals surface area contributed by atoms with Crippen molar-refractivity contribution in [1.82, 2.24) is 15.2 Å². The third-order valence-corrected chi connectivity index (χ3v) is 5.11. The SMILES string of the molecule is CN1CCCCC1CNCc1ccc(Br)c2cccnc12. The zero-order chi connectivity index (χ0) is 14.7. The second-order valence-electron chi connectivity index (χ2n) is 5.87. The average molecular weight is 348 g/mol. The van der Waals surface area contributed by atoms with E-state index in [1.54, 1.807) is 0 Å². The van der Waals surface area contributed by atoms with Gasteiger partial charge >= 0.3 is 0 Å². The summed E-state index contributed by atoms with van der Waals surface area (Å²) < 4.78 is 1.11. The van der Waals surface area contributed by atoms with Crippen molar-refractivity contribution in [3.05, 3.63) is 40.5 Å². The number of nitrogens with zero attached hydrogens (tertiary/aromatic N) is 2. The lowest BCUT2D eigenvalue weighted by Gasteiger charge is -2.32. The van der Waals surface area contributed by atoms with Crippen LogP contribution in [0, 0.1) is 0 Å². The van der Waals surface area contributed by atoms with Crippen molar-refractivity contribution in [3.63, 3.8) is 0 Å². The molecule has 1 aliphatic rings. The summed E-state index contributed by atoms with van der Waals surface area (Å²) in [4.78, 5) is 7.02. The van der Waals surface area contributed by atoms with E-state index in [-0.39, 0.29) is 0 Å². The fraction of sp³-hybridized carbons (Fsp3) is 0.471. The van der Waals surface area contributed by atoms with Gasteiger partial charge in [0.2, 0.25) is 0 Å². The number of hydrogen-bond acceptors (Lipinski definition) is 3. The van der Waals surface area contributed by atoms with Gasteiger partial charge in [-0.1, -0.05) is 34.5 Å². The molecule has 1 atom stereocenters. The summed E-state index contributed by atoms with van der Waals surface area (Å²) in [5.41, 5.74) is 2.36. The summed E-state index contributed by atoms with van der Waals surface area (Å²) >= 11 is 3.60. The standard InChI is InChI=1S/C17H22BrN3/c1-21-10-3-2-5-14(21)12-19-11-13-7-8-16(18)15-6-4-9-20-17(13)15/h4,6-9,14,19H,2-3,5,10-12H2,1H3. The van der Waals surface area contributed by atoms with Gasteiger partial charge in [0.15, 0.2) is 0 Å². The first-order valence-corrected chi connectivity index (χ1v) is 8.48. The summed E-state index contributed by atoms with van der Waals surface area (Å²) in [7, 11) is 2.24. The Balaban J connectivity index is 1.67. The minimum atomic E-state index is 0.674. The molecule has 21 heavy (non-hydrogen) atoms. The van der Waals surface area contributed by atoms with Gasteiger partial charge in [0.05, 0.1) is 5.52 Å². The van der Waals surface area contributed by atoms with Crippen molar-refractivity contribution in [1.29, 1.82) is 0 Å². The van der Waals surface area contributed by atoms with Crippen molar-refractivity contribution in [2.45, 2.75) is 31.8 Å². The van der Waals surface area contributed by atoms with Crippen molar-refractivity contribution < 1.29 is 0 Å². The van der Waals surface area contributed by atoms with Gasteiger partial charge in [-0.25, -0.2) is 0 Å². The van der Waals surface area contributed by atoms with E-state index in [1.807, 2.05) is 12.3 Å². The molecule has 112 valence electrons. The Labute approximate surface area is 134 Å². The lowest BCUT2D eigenvalue weighted by molar-refractivity contribution is 0.181. The van der Waals surface area contributed by atoms with Crippen molar-refractivity contribution >= 4 is 26.8 Å². The molecule has 0 radical (unpaired) electrons. The molecule has 1 aromatic heterocycles. The number of rotatable bonds is 4. The van der Waals surface area contributed by atoms with Crippen LogP contribution < -0.4 is 5.32 Å². The Morgan fingerprint density at radius 1 is 1.33 bits per heavy atom. The molecule has 1 N–H and O–H groups in total. The Bertz CT molecular complexity index is 614. The van der Waals surface area contributed by atoms with Crippen LogP contribution >= 0.6 is 15.9 Å². The van der Waals surface area contributed by atoms with Crippen LogP contribution in [0.4, 0.5) is 0 Å². The third-order valence-electron chi connectivity index (χ3n) is 4.42. The number of aromatic nitrogens is 1. The molecule has 2 heterocycles. The summed E-state index contributed by atoms with van der Waals surface area (Å²) in [6, 6.07) is 9.06. The number of likely N-dealkylation sites (N-methyl/N-ethyl adjacent to an activating group) is 1. The summed E-state index contributed by atoms with van der Waals surface area (Å²) in [6.07, 6.45) is 5.88. The van der Waals surface area contributed by atoms with Gasteiger partial charge in [0, 0.05) is 35.2 Å². The largest absolute Gasteiger partial charge is 0.311 e. The van der Waals surface area contributed by atoms with E-state index in [9.17, 15) is 0 Å². The molecule has 0 aliphatic carbocycles. The number of fused-ring (bicyclic) bond motifs is 1. The first-order valence-electron chi connectivity index (χ1n) is 7.69. The second-order valence-corrected chi connectivity index (χ2v) is 6.72. The van der Waals surface area contributed by atoms with E-state index in [0.717, 1.165) is 23.1 Å². The van der Waals surface area contributed by atoms with E-state index >= 15 is 0 Å². The summed E-state index contributed by atoms with van der Waals surface area (Å²) in [6.45, 7) is 3.17. The molecule has 0 saturated carbocycles. The number of hydrogen-bond donors (Lipinski definition) is 1. The molecule has 3 nitrogen and oxygen atoms in total. The highest BCUT2D eigenvalue weighted by molar-refractivity contribution is 9.10. The lowest BCUT2D eigenvalue weighted by atomic mass is 10.0. The van der Waals surface area contributed by atoms with Crippen LogP contribution in [0.25, 0.3) is 10.9 Å². The molecule has 0 amide bonds. The topological polar surface area (TPSA) is 28.2 Å². The van der Waals surface area contributed by atoms with Crippen LogP contribution in [-0.4, -0.2) is 36.1 Å². The molecule has 1 aliphatic heterocycles. The maximum absolute atomic E-state index is 4.54. The summed E-state index contributed by atoms with van der Waals surface area (Å²) in [5, 5.41) is 4.80. The fourth-order valence-corrected chi connectivity index (χ4v) is 3.57. The van der Waals surface area contributed by atoms with Gasteiger partial charge in [0.1, 0.15) is 0 Å². The number of benzene rings is 1. The molecule has 0 bridgehead atoms. The van der Waals surface area contributed by atoms with Gasteiger partial charge in [-0.3, -0.25) is 4.98 Å². The minimum Gasteiger partial charge on any atom is -0.311 e. The molecular weight excluding hydrogens is 326 g/mol. The smallest absolute Gasteiger partial charge is 0.0758 e. The van der Waals surface area contributed by atoms with E-state index in [4.69, 9.17) is 0 Å². The number of nitrogens with one attached hydrogen (secondary N) is 1. The molecule has 1 unspecified atom stereocenters. The van der Waals surface area contributed by atoms with E-state index in [2.05, 4.69) is 56.4 Å². The van der Waals surface area contributed by atoms with E-state index in [0.29, 0.717) is 6.04 Å². The zero-order valence-electron chi connectivity index (χ0n) is 12.5. The Morgan fingerprint density at radius 2 is 2.24 bits per heavy atom. The maximum atomic E-state index is 4.54. The highest BCUT2D eigenvalue weighted by atomic mass is 79.9. The van der Waals surface area contributed by atoms with Crippen molar-refractivity contribution in [2.24, 2.45) is 0 Å². The molecule has 1 fully saturated rings. The maximum Gasteiger partial charge on any atom is 0.0758 e. The third kappa shape index (κ3) is 3.44. The molecule has 2 aromatic rings. The van der Waals surface area contributed by atoms with Gasteiger partial charge in [0.25, 0.3) is 0 Å². The van der Waals surface area contributed by atoms with E-state index < -0.39 is 0 Å². The number of halogens is 1. The molecule has 1 saturated heterocycles. The first kappa shape index (κ1) is 14.9. The minimum absolute atomic E-state index is 0.674. The zero-order valence-corrected chi connectivity index (χ0v) is 14.1. The van der Waals surface area contributed by atoms with Gasteiger partial charge in [-0.15, -0.1) is 0 Å². The predicted molar refractivity (Wildman–Crippen MR) is 91.4 cm³/mol. The fourth-order valence-electron chi connectivity index (χ4n) is 3.11. The molecule has 0 spiro atoms. The monoisotopic (exact) mass is 347 g/mol. The normalized spacial score (nSPS) is 20.0. The van der Waals surface area contributed by atoms with Crippen molar-refractivity contribution in [2.75, 3.05) is 20.1 Å². The van der Waals surface area contributed by atoms with Gasteiger partial charge in [-0.2, -0.15) is 0 Å². The Morgan fingerprint density at radius 3 is 3.10 bits per heavy atom. The number of likely N-dealkylation sites (tertiary alicyclic amines) is 1. The quantitative estimate of drug-likeness (QED) is 0.916. The van der Waals surface area contributed by atoms with Crippen molar-refractivity contribution in [3.8, 4) is 0 Å². The van der Waals surface area contributed by atoms with Crippen LogP contribution in [0.15, 0.2) is 34.9 Å². The number of pyridine rings is 1. The Kier molecular flexibility index (Phi) is 4.88. The molecule has 1 aromatic carbocycles. The Hall–Kier alpha value is -0.970. The van der Waals surface area contributed by atoms with Crippen LogP contribution in [0.3, 0.4) is 0 Å². The highest BCUT2D eigenvalue weighted by Crippen LogP contribution is 2.25. The van der Waals surface area contributed by atoms with Gasteiger partial charge in [-0.05, 0) is 44.1 Å². The van der Waals surface area contributed by atoms with Crippen LogP contribution in [-0.2, 0) is 6.54 Å². The van der Waals surface area contributed by atoms with Crippen LogP contribution in [0.2, 0.25) is 0 Å². The molecular formula is C17H22BrN3. The van der Waals surface area contributed by atoms with E-state index in [1.165, 1.54) is 36.8 Å². The predicted octanol–water partition coefficient (Wildman–Crippen LogP) is 3.57. The highest BCUT2D eigenvalue weighted by Gasteiger charge is 2.18. The van der Waals surface area contributed by atoms with Crippen LogP contribution in [0.1, 0.15) is 24.8 Å². The second kappa shape index (κ2) is 6.86. The molecule has 3 rings (SSSR count). The molecule has 4 heteroatoms. The number of piperidine rings is 1. The summed E-state index contributed by atoms with van der Waals surface area (Å²) in [5.74, 6) is 0. The lowest BCUT2D eigenvalue weighted by Crippen LogP contribution is -2.42. The van der Waals surface area contributed by atoms with Crippen LogP contribution in [0.5, 0.6) is 0 Å². The van der Waals surface area contributed by atoms with Gasteiger partial charge < -0.3 is 10.2 Å². The average Bonchev–Trinajstić information content (AvgIpc) is 2.52.